The Morgan fingerprint density at radius 1 is 1.00 bits per heavy atom. The zero-order valence-corrected chi connectivity index (χ0v) is 30.4. The summed E-state index contributed by atoms with van der Waals surface area (Å²) in [5.74, 6) is 0. The second kappa shape index (κ2) is 14.6. The third kappa shape index (κ3) is 6.78. The molecule has 2 aromatic carbocycles. The van der Waals surface area contributed by atoms with Crippen LogP contribution in [0.15, 0.2) is 51.4 Å². The highest BCUT2D eigenvalue weighted by atomic mass is 79.9. The third-order valence-corrected chi connectivity index (χ3v) is 13.3. The maximum Gasteiger partial charge on any atom is 0.515 e. The van der Waals surface area contributed by atoms with Crippen molar-refractivity contribution in [3.05, 3.63) is 62.5 Å². The van der Waals surface area contributed by atoms with Crippen LogP contribution in [0.4, 0.5) is 15.3 Å². The highest BCUT2D eigenvalue weighted by molar-refractivity contribution is 9.13. The first-order valence-corrected chi connectivity index (χ1v) is 18.6. The van der Waals surface area contributed by atoms with Crippen LogP contribution < -0.4 is 5.32 Å². The maximum absolute atomic E-state index is 13.8. The molecule has 0 saturated carbocycles. The van der Waals surface area contributed by atoms with E-state index in [9.17, 15) is 19.5 Å². The monoisotopic (exact) mass is 773 g/mol. The van der Waals surface area contributed by atoms with Crippen LogP contribution in [0.5, 0.6) is 0 Å². The number of fused-ring (bicyclic) bond motifs is 1. The number of rotatable bonds is 8. The van der Waals surface area contributed by atoms with Gasteiger partial charge in [-0.15, -0.1) is 0 Å². The lowest BCUT2D eigenvalue weighted by Gasteiger charge is -2.59. The number of nitrogens with zero attached hydrogens (tertiary/aromatic N) is 5. The van der Waals surface area contributed by atoms with Gasteiger partial charge in [0.05, 0.1) is 13.0 Å². The number of para-hydroxylation sites is 1. The summed E-state index contributed by atoms with van der Waals surface area (Å²) in [6.45, 7) is 10.1. The number of benzene rings is 2. The van der Waals surface area contributed by atoms with E-state index in [1.54, 1.807) is 0 Å². The van der Waals surface area contributed by atoms with Gasteiger partial charge in [0, 0.05) is 90.9 Å². The van der Waals surface area contributed by atoms with Crippen molar-refractivity contribution in [1.29, 1.82) is 0 Å². The summed E-state index contributed by atoms with van der Waals surface area (Å²) in [5, 5.41) is 14.4. The zero-order chi connectivity index (χ0) is 33.2. The van der Waals surface area contributed by atoms with Crippen molar-refractivity contribution < 1.29 is 24.0 Å². The van der Waals surface area contributed by atoms with Crippen molar-refractivity contribution in [3.8, 4) is 0 Å². The molecule has 3 fully saturated rings. The number of piperidine rings is 2. The maximum atomic E-state index is 13.8. The Labute approximate surface area is 294 Å². The number of likely N-dealkylation sites (tertiary alicyclic amines) is 2. The van der Waals surface area contributed by atoms with Gasteiger partial charge in [-0.25, -0.2) is 9.28 Å². The number of anilines is 1. The Bertz CT molecular complexity index is 1460. The molecule has 2 aromatic rings. The largest absolute Gasteiger partial charge is 0.515 e. The highest BCUT2D eigenvalue weighted by Crippen LogP contribution is 2.46. The molecule has 254 valence electrons. The van der Waals surface area contributed by atoms with Gasteiger partial charge >= 0.3 is 12.1 Å². The van der Waals surface area contributed by atoms with Gasteiger partial charge in [-0.3, -0.25) is 9.80 Å². The highest BCUT2D eigenvalue weighted by Gasteiger charge is 2.64. The molecule has 6 rings (SSSR count). The van der Waals surface area contributed by atoms with Gasteiger partial charge in [0.2, 0.25) is 0 Å². The summed E-state index contributed by atoms with van der Waals surface area (Å²) in [6, 6.07) is 13.9. The number of quaternary nitrogens is 1. The number of halogens is 2. The molecule has 4 heterocycles. The first kappa shape index (κ1) is 34.5. The van der Waals surface area contributed by atoms with Crippen LogP contribution in [0.1, 0.15) is 50.2 Å². The van der Waals surface area contributed by atoms with Crippen molar-refractivity contribution in [3.63, 3.8) is 0 Å². The molecule has 3 atom stereocenters. The Morgan fingerprint density at radius 3 is 2.43 bits per heavy atom. The molecule has 0 aromatic heterocycles. The fourth-order valence-corrected chi connectivity index (χ4v) is 9.44. The number of nitrogens with one attached hydrogen (secondary N) is 1. The minimum Gasteiger partial charge on any atom is -0.435 e. The van der Waals surface area contributed by atoms with Gasteiger partial charge in [0.1, 0.15) is 12.8 Å². The predicted molar refractivity (Wildman–Crippen MR) is 189 cm³/mol. The number of amides is 3. The minimum atomic E-state index is -1.01. The van der Waals surface area contributed by atoms with Crippen LogP contribution >= 0.6 is 31.9 Å². The topological polar surface area (TPSA) is 96.4 Å². The van der Waals surface area contributed by atoms with Crippen LogP contribution in [0.2, 0.25) is 0 Å². The molecule has 4 aliphatic rings. The molecule has 0 aliphatic carbocycles. The van der Waals surface area contributed by atoms with Crippen molar-refractivity contribution in [2.75, 3.05) is 64.2 Å². The van der Waals surface area contributed by atoms with E-state index in [1.807, 2.05) is 47.4 Å². The van der Waals surface area contributed by atoms with E-state index < -0.39 is 11.8 Å². The number of aldehydes is 1. The molecule has 2 N–H and O–H groups in total. The number of carboxylic acid groups (broad SMARTS) is 1. The fraction of sp³-hybridized carbons (Fsp3) is 0.571. The number of carbonyl (C=O) groups is 3. The number of piperazine rings is 1. The van der Waals surface area contributed by atoms with E-state index in [4.69, 9.17) is 0 Å². The van der Waals surface area contributed by atoms with E-state index in [2.05, 4.69) is 58.8 Å². The van der Waals surface area contributed by atoms with Gasteiger partial charge < -0.3 is 25.0 Å². The Kier molecular flexibility index (Phi) is 10.7. The van der Waals surface area contributed by atoms with Crippen LogP contribution in [0, 0.1) is 0 Å². The van der Waals surface area contributed by atoms with Crippen molar-refractivity contribution in [2.45, 2.75) is 69.7 Å². The standard InChI is InChI=1S/C35H46Br2N6O4/c1-2-39-17-19-40(20-18-39)28-10-14-41(15-11-28)35(13-22-44)24-29(42-16-9-27-5-3-4-6-32(27)38-33(42)45)12-21-43(35,34(46)47)25-26-7-8-30(36)31(37)23-26/h3-8,22-23,28-29H,2,9-21,24-25H2,1H3,(H-,38,45,46,47)/p+1/t29?,35?,43-/m0/s1. The number of hydrogen-bond donors (Lipinski definition) is 2. The SMILES string of the molecule is CCN1CCN(C2CCN(C3(CC=O)CC(N4CCc5ccccc5NC4=O)CC[N@+]3(Cc3ccc(Br)c(Br)c3)C(=O)O)CC2)CC1. The van der Waals surface area contributed by atoms with Gasteiger partial charge in [-0.1, -0.05) is 31.2 Å². The Balaban J connectivity index is 1.33. The average Bonchev–Trinajstić information content (AvgIpc) is 3.25. The van der Waals surface area contributed by atoms with Crippen LogP contribution in [-0.4, -0.2) is 124 Å². The van der Waals surface area contributed by atoms with E-state index in [0.29, 0.717) is 51.5 Å². The molecule has 0 bridgehead atoms. The summed E-state index contributed by atoms with van der Waals surface area (Å²) >= 11 is 7.17. The number of likely N-dealkylation sites (N-methyl/N-ethyl adjacent to an activating group) is 1. The molecule has 2 unspecified atom stereocenters. The molecule has 10 nitrogen and oxygen atoms in total. The first-order chi connectivity index (χ1) is 22.7. The predicted octanol–water partition coefficient (Wildman–Crippen LogP) is 5.85. The van der Waals surface area contributed by atoms with E-state index in [-0.39, 0.29) is 29.5 Å². The van der Waals surface area contributed by atoms with E-state index >= 15 is 0 Å². The summed E-state index contributed by atoms with van der Waals surface area (Å²) in [4.78, 5) is 49.6. The molecule has 3 amide bonds. The van der Waals surface area contributed by atoms with Crippen LogP contribution in [0.3, 0.4) is 0 Å². The molecular weight excluding hydrogens is 728 g/mol. The van der Waals surface area contributed by atoms with Gasteiger partial charge in [0.15, 0.2) is 5.66 Å². The normalized spacial score (nSPS) is 28.4. The number of hydrogen-bond acceptors (Lipinski definition) is 6. The van der Waals surface area contributed by atoms with Gasteiger partial charge in [0.25, 0.3) is 0 Å². The second-order valence-electron chi connectivity index (χ2n) is 13.6. The number of urea groups is 1. The molecule has 47 heavy (non-hydrogen) atoms. The Morgan fingerprint density at radius 2 is 1.74 bits per heavy atom. The molecule has 4 aliphatic heterocycles. The van der Waals surface area contributed by atoms with E-state index in [1.165, 1.54) is 0 Å². The lowest BCUT2D eigenvalue weighted by Crippen LogP contribution is -2.78. The third-order valence-electron chi connectivity index (χ3n) is 11.4. The van der Waals surface area contributed by atoms with Crippen LogP contribution in [-0.2, 0) is 17.8 Å². The van der Waals surface area contributed by atoms with Crippen molar-refractivity contribution in [1.82, 2.24) is 19.6 Å². The Hall–Kier alpha value is -2.35. The minimum absolute atomic E-state index is 0.0863. The molecule has 0 spiro atoms. The number of carbonyl (C=O) groups excluding carboxylic acids is 2. The van der Waals surface area contributed by atoms with E-state index in [0.717, 1.165) is 77.6 Å². The molecule has 3 saturated heterocycles. The molecule has 0 radical (unpaired) electrons. The summed E-state index contributed by atoms with van der Waals surface area (Å²) in [5.41, 5.74) is 1.80. The first-order valence-electron chi connectivity index (χ1n) is 17.0. The lowest BCUT2D eigenvalue weighted by atomic mass is 9.81. The quantitative estimate of drug-likeness (QED) is 0.257. The average molecular weight is 776 g/mol. The second-order valence-corrected chi connectivity index (χ2v) is 15.3. The van der Waals surface area contributed by atoms with Crippen molar-refractivity contribution in [2.24, 2.45) is 0 Å². The summed E-state index contributed by atoms with van der Waals surface area (Å²) < 4.78 is 1.50. The zero-order valence-electron chi connectivity index (χ0n) is 27.3. The van der Waals surface area contributed by atoms with Gasteiger partial charge in [-0.2, -0.15) is 4.79 Å². The smallest absolute Gasteiger partial charge is 0.435 e. The fourth-order valence-electron chi connectivity index (χ4n) is 8.77. The van der Waals surface area contributed by atoms with Gasteiger partial charge in [-0.05, 0) is 81.4 Å². The lowest BCUT2D eigenvalue weighted by molar-refractivity contribution is -0.942. The summed E-state index contributed by atoms with van der Waals surface area (Å²) in [6.07, 6.45) is 3.61. The van der Waals surface area contributed by atoms with Crippen LogP contribution in [0.25, 0.3) is 0 Å². The molecule has 12 heteroatoms. The summed E-state index contributed by atoms with van der Waals surface area (Å²) in [7, 11) is 0. The van der Waals surface area contributed by atoms with Crippen molar-refractivity contribution >= 4 is 56.0 Å². The molecular formula is C35H47Br2N6O4+.